The molecule has 0 bridgehead atoms. The molecule has 0 saturated carbocycles. The second kappa shape index (κ2) is 1.58. The highest BCUT2D eigenvalue weighted by Crippen LogP contribution is 2.03. The van der Waals surface area contributed by atoms with Gasteiger partial charge in [-0.3, -0.25) is 0 Å². The quantitative estimate of drug-likeness (QED) is 0.482. The topological polar surface area (TPSA) is 4.93 Å². The summed E-state index contributed by atoms with van der Waals surface area (Å²) in [6.45, 7) is 0. The standard InChI is InChI=1S/C5H5ClN/c1-7-4-2-3-5(7)6/h2,4H,1H3. The molecule has 0 aliphatic carbocycles. The van der Waals surface area contributed by atoms with E-state index in [1.165, 1.54) is 0 Å². The average molecular weight is 115 g/mol. The van der Waals surface area contributed by atoms with Gasteiger partial charge in [0.05, 0.1) is 0 Å². The van der Waals surface area contributed by atoms with Crippen LogP contribution in [0.1, 0.15) is 0 Å². The normalized spacial score (nSPS) is 9.43. The van der Waals surface area contributed by atoms with E-state index in [4.69, 9.17) is 11.6 Å². The van der Waals surface area contributed by atoms with Crippen molar-refractivity contribution in [2.75, 3.05) is 0 Å². The second-order valence-corrected chi connectivity index (χ2v) is 1.72. The van der Waals surface area contributed by atoms with Gasteiger partial charge >= 0.3 is 0 Å². The summed E-state index contributed by atoms with van der Waals surface area (Å²) in [5.74, 6) is 0. The SMILES string of the molecule is Cn1cc[c]c1Cl. The minimum atomic E-state index is 0.653. The second-order valence-electron chi connectivity index (χ2n) is 1.36. The lowest BCUT2D eigenvalue weighted by atomic mass is 10.7. The van der Waals surface area contributed by atoms with E-state index in [2.05, 4.69) is 6.07 Å². The van der Waals surface area contributed by atoms with E-state index < -0.39 is 0 Å². The third-order valence-corrected chi connectivity index (χ3v) is 1.19. The Labute approximate surface area is 47.5 Å². The number of aryl methyl sites for hydroxylation is 1. The summed E-state index contributed by atoms with van der Waals surface area (Å²) in [5, 5.41) is 0.653. The Bertz CT molecular complexity index is 140. The smallest absolute Gasteiger partial charge is 0.116 e. The van der Waals surface area contributed by atoms with Crippen molar-refractivity contribution in [2.24, 2.45) is 7.05 Å². The summed E-state index contributed by atoms with van der Waals surface area (Å²) in [7, 11) is 1.87. The molecule has 0 fully saturated rings. The molecule has 1 nitrogen and oxygen atoms in total. The lowest BCUT2D eigenvalue weighted by Gasteiger charge is -1.86. The maximum Gasteiger partial charge on any atom is 0.116 e. The van der Waals surface area contributed by atoms with Crippen LogP contribution in [0.5, 0.6) is 0 Å². The zero-order valence-electron chi connectivity index (χ0n) is 3.98. The molecule has 1 aromatic heterocycles. The van der Waals surface area contributed by atoms with Gasteiger partial charge in [0.25, 0.3) is 0 Å². The Balaban J connectivity index is 3.12. The van der Waals surface area contributed by atoms with Gasteiger partial charge in [0, 0.05) is 19.3 Å². The lowest BCUT2D eigenvalue weighted by Crippen LogP contribution is -1.80. The van der Waals surface area contributed by atoms with Crippen LogP contribution in [0.15, 0.2) is 12.3 Å². The molecule has 0 amide bonds. The van der Waals surface area contributed by atoms with Crippen LogP contribution in [0.4, 0.5) is 0 Å². The molecule has 1 heterocycles. The minimum Gasteiger partial charge on any atom is -0.341 e. The van der Waals surface area contributed by atoms with Crippen LogP contribution >= 0.6 is 11.6 Å². The maximum absolute atomic E-state index is 5.53. The fourth-order valence-corrected chi connectivity index (χ4v) is 0.504. The molecule has 0 aliphatic rings. The van der Waals surface area contributed by atoms with Gasteiger partial charge in [0.1, 0.15) is 5.15 Å². The van der Waals surface area contributed by atoms with Crippen molar-refractivity contribution < 1.29 is 0 Å². The highest BCUT2D eigenvalue weighted by atomic mass is 35.5. The van der Waals surface area contributed by atoms with Gasteiger partial charge in [-0.2, -0.15) is 0 Å². The number of rotatable bonds is 0. The summed E-state index contributed by atoms with van der Waals surface area (Å²) >= 11 is 5.53. The highest BCUT2D eigenvalue weighted by molar-refractivity contribution is 6.29. The first-order chi connectivity index (χ1) is 3.30. The first-order valence-corrected chi connectivity index (χ1v) is 2.37. The van der Waals surface area contributed by atoms with Crippen molar-refractivity contribution in [1.82, 2.24) is 4.57 Å². The van der Waals surface area contributed by atoms with Gasteiger partial charge in [-0.15, -0.1) is 0 Å². The Morgan fingerprint density at radius 1 is 1.86 bits per heavy atom. The first-order valence-electron chi connectivity index (χ1n) is 1.99. The predicted octanol–water partition coefficient (Wildman–Crippen LogP) is 1.48. The summed E-state index contributed by atoms with van der Waals surface area (Å²) in [6.07, 6.45) is 1.85. The van der Waals surface area contributed by atoms with E-state index in [0.29, 0.717) is 5.15 Å². The molecule has 37 valence electrons. The van der Waals surface area contributed by atoms with Crippen molar-refractivity contribution in [3.05, 3.63) is 23.5 Å². The number of hydrogen-bond donors (Lipinski definition) is 0. The zero-order valence-corrected chi connectivity index (χ0v) is 4.74. The zero-order chi connectivity index (χ0) is 5.28. The molecule has 1 aromatic rings. The maximum atomic E-state index is 5.53. The summed E-state index contributed by atoms with van der Waals surface area (Å²) < 4.78 is 1.79. The molecule has 0 saturated heterocycles. The molecule has 0 atom stereocenters. The van der Waals surface area contributed by atoms with E-state index in [0.717, 1.165) is 0 Å². The molecule has 0 unspecified atom stereocenters. The molecule has 0 aromatic carbocycles. The molecule has 0 N–H and O–H groups in total. The molecular formula is C5H5ClN. The van der Waals surface area contributed by atoms with Gasteiger partial charge in [-0.1, -0.05) is 11.6 Å². The van der Waals surface area contributed by atoms with Crippen LogP contribution in [-0.2, 0) is 7.05 Å². The van der Waals surface area contributed by atoms with Crippen LogP contribution in [-0.4, -0.2) is 4.57 Å². The van der Waals surface area contributed by atoms with Crippen molar-refractivity contribution in [1.29, 1.82) is 0 Å². The Morgan fingerprint density at radius 2 is 2.57 bits per heavy atom. The molecule has 2 heteroatoms. The van der Waals surface area contributed by atoms with Crippen molar-refractivity contribution >= 4 is 11.6 Å². The molecular weight excluding hydrogens is 110 g/mol. The molecule has 1 rings (SSSR count). The van der Waals surface area contributed by atoms with E-state index in [9.17, 15) is 0 Å². The van der Waals surface area contributed by atoms with E-state index in [-0.39, 0.29) is 0 Å². The fraction of sp³-hybridized carbons (Fsp3) is 0.200. The largest absolute Gasteiger partial charge is 0.341 e. The number of nitrogens with zero attached hydrogens (tertiary/aromatic N) is 1. The van der Waals surface area contributed by atoms with Crippen LogP contribution in [0.25, 0.3) is 0 Å². The van der Waals surface area contributed by atoms with Gasteiger partial charge in [-0.25, -0.2) is 0 Å². The highest BCUT2D eigenvalue weighted by Gasteiger charge is 1.86. The van der Waals surface area contributed by atoms with Crippen LogP contribution in [0.2, 0.25) is 5.15 Å². The van der Waals surface area contributed by atoms with Gasteiger partial charge in [-0.05, 0) is 6.07 Å². The van der Waals surface area contributed by atoms with Crippen LogP contribution in [0.3, 0.4) is 0 Å². The summed E-state index contributed by atoms with van der Waals surface area (Å²) in [6, 6.07) is 4.58. The fourth-order valence-electron chi connectivity index (χ4n) is 0.385. The van der Waals surface area contributed by atoms with Crippen molar-refractivity contribution in [2.45, 2.75) is 0 Å². The Morgan fingerprint density at radius 3 is 2.71 bits per heavy atom. The minimum absolute atomic E-state index is 0.653. The average Bonchev–Trinajstić information content (AvgIpc) is 1.91. The van der Waals surface area contributed by atoms with Gasteiger partial charge < -0.3 is 4.57 Å². The van der Waals surface area contributed by atoms with E-state index in [1.54, 1.807) is 10.6 Å². The third-order valence-electron chi connectivity index (χ3n) is 0.810. The number of halogens is 1. The van der Waals surface area contributed by atoms with Crippen LogP contribution < -0.4 is 0 Å². The monoisotopic (exact) mass is 114 g/mol. The molecule has 7 heavy (non-hydrogen) atoms. The first kappa shape index (κ1) is 4.72. The Hall–Kier alpha value is -0.430. The Kier molecular flexibility index (Phi) is 1.07. The van der Waals surface area contributed by atoms with Crippen molar-refractivity contribution in [3.63, 3.8) is 0 Å². The molecule has 1 radical (unpaired) electrons. The van der Waals surface area contributed by atoms with Gasteiger partial charge in [0.15, 0.2) is 0 Å². The predicted molar refractivity (Wildman–Crippen MR) is 29.3 cm³/mol. The third kappa shape index (κ3) is 0.775. The summed E-state index contributed by atoms with van der Waals surface area (Å²) in [4.78, 5) is 0. The van der Waals surface area contributed by atoms with Gasteiger partial charge in [0.2, 0.25) is 0 Å². The number of hydrogen-bond acceptors (Lipinski definition) is 0. The number of aromatic nitrogens is 1. The summed E-state index contributed by atoms with van der Waals surface area (Å²) in [5.41, 5.74) is 0. The van der Waals surface area contributed by atoms with E-state index >= 15 is 0 Å². The molecule has 0 spiro atoms. The van der Waals surface area contributed by atoms with Crippen LogP contribution in [0, 0.1) is 6.07 Å². The van der Waals surface area contributed by atoms with E-state index in [1.807, 2.05) is 13.2 Å². The molecule has 0 aliphatic heterocycles. The lowest BCUT2D eigenvalue weighted by molar-refractivity contribution is 0.928. The van der Waals surface area contributed by atoms with Crippen molar-refractivity contribution in [3.8, 4) is 0 Å².